The summed E-state index contributed by atoms with van der Waals surface area (Å²) in [7, 11) is 0. The Labute approximate surface area is 110 Å². The SMILES string of the molecule is Cc1cccc(C(=O)NC(CCN)C(C)(C)C)c1. The van der Waals surface area contributed by atoms with E-state index in [0.717, 1.165) is 12.0 Å². The van der Waals surface area contributed by atoms with Crippen LogP contribution in [0.25, 0.3) is 0 Å². The van der Waals surface area contributed by atoms with Gasteiger partial charge in [-0.3, -0.25) is 4.79 Å². The van der Waals surface area contributed by atoms with E-state index in [1.165, 1.54) is 0 Å². The first kappa shape index (κ1) is 14.7. The zero-order valence-corrected chi connectivity index (χ0v) is 11.8. The molecule has 3 N–H and O–H groups in total. The van der Waals surface area contributed by atoms with Gasteiger partial charge in [0.2, 0.25) is 0 Å². The smallest absolute Gasteiger partial charge is 0.251 e. The van der Waals surface area contributed by atoms with Crippen LogP contribution >= 0.6 is 0 Å². The first-order valence-electron chi connectivity index (χ1n) is 6.42. The summed E-state index contributed by atoms with van der Waals surface area (Å²) in [6.45, 7) is 8.91. The molecule has 0 saturated carbocycles. The number of carbonyl (C=O) groups excluding carboxylic acids is 1. The topological polar surface area (TPSA) is 55.1 Å². The van der Waals surface area contributed by atoms with Gasteiger partial charge in [-0.05, 0) is 37.4 Å². The van der Waals surface area contributed by atoms with Crippen LogP contribution in [-0.2, 0) is 0 Å². The lowest BCUT2D eigenvalue weighted by atomic mass is 9.84. The van der Waals surface area contributed by atoms with Gasteiger partial charge in [0.1, 0.15) is 0 Å². The Morgan fingerprint density at radius 3 is 2.56 bits per heavy atom. The van der Waals surface area contributed by atoms with E-state index in [1.54, 1.807) is 0 Å². The fourth-order valence-electron chi connectivity index (χ4n) is 1.92. The fraction of sp³-hybridized carbons (Fsp3) is 0.533. The molecule has 0 aliphatic carbocycles. The second kappa shape index (κ2) is 6.01. The van der Waals surface area contributed by atoms with E-state index in [9.17, 15) is 4.79 Å². The highest BCUT2D eigenvalue weighted by Gasteiger charge is 2.25. The molecule has 3 nitrogen and oxygen atoms in total. The standard InChI is InChI=1S/C15H24N2O/c1-11-6-5-7-12(10-11)14(18)17-13(8-9-16)15(2,3)4/h5-7,10,13H,8-9,16H2,1-4H3,(H,17,18). The van der Waals surface area contributed by atoms with Crippen molar-refractivity contribution in [2.45, 2.75) is 40.2 Å². The molecule has 0 saturated heterocycles. The first-order chi connectivity index (χ1) is 8.34. The van der Waals surface area contributed by atoms with E-state index in [4.69, 9.17) is 5.73 Å². The van der Waals surface area contributed by atoms with Crippen LogP contribution < -0.4 is 11.1 Å². The molecule has 0 aliphatic rings. The highest BCUT2D eigenvalue weighted by Crippen LogP contribution is 2.21. The van der Waals surface area contributed by atoms with Crippen LogP contribution in [0.1, 0.15) is 43.1 Å². The van der Waals surface area contributed by atoms with E-state index in [1.807, 2.05) is 31.2 Å². The van der Waals surface area contributed by atoms with Gasteiger partial charge in [-0.1, -0.05) is 38.5 Å². The molecule has 1 aromatic carbocycles. The highest BCUT2D eigenvalue weighted by atomic mass is 16.1. The number of benzene rings is 1. The van der Waals surface area contributed by atoms with Gasteiger partial charge in [0.15, 0.2) is 0 Å². The molecule has 1 aromatic rings. The molecule has 0 spiro atoms. The van der Waals surface area contributed by atoms with Gasteiger partial charge < -0.3 is 11.1 Å². The molecule has 1 unspecified atom stereocenters. The Kier molecular flexibility index (Phi) is 4.91. The third kappa shape index (κ3) is 4.15. The van der Waals surface area contributed by atoms with Crippen molar-refractivity contribution < 1.29 is 4.79 Å². The lowest BCUT2D eigenvalue weighted by molar-refractivity contribution is 0.0899. The maximum Gasteiger partial charge on any atom is 0.251 e. The van der Waals surface area contributed by atoms with E-state index in [-0.39, 0.29) is 17.4 Å². The van der Waals surface area contributed by atoms with E-state index < -0.39 is 0 Å². The first-order valence-corrected chi connectivity index (χ1v) is 6.42. The molecule has 18 heavy (non-hydrogen) atoms. The third-order valence-corrected chi connectivity index (χ3v) is 3.09. The normalized spacial score (nSPS) is 13.2. The Morgan fingerprint density at radius 1 is 1.39 bits per heavy atom. The number of amides is 1. The minimum atomic E-state index is -0.0212. The molecule has 1 atom stereocenters. The van der Waals surface area contributed by atoms with Crippen molar-refractivity contribution in [3.05, 3.63) is 35.4 Å². The minimum Gasteiger partial charge on any atom is -0.349 e. The maximum atomic E-state index is 12.2. The highest BCUT2D eigenvalue weighted by molar-refractivity contribution is 5.94. The summed E-state index contributed by atoms with van der Waals surface area (Å²) in [4.78, 5) is 12.2. The average Bonchev–Trinajstić information content (AvgIpc) is 2.27. The van der Waals surface area contributed by atoms with Gasteiger partial charge in [0, 0.05) is 11.6 Å². The van der Waals surface area contributed by atoms with E-state index in [0.29, 0.717) is 12.1 Å². The number of hydrogen-bond acceptors (Lipinski definition) is 2. The van der Waals surface area contributed by atoms with Crippen LogP contribution in [-0.4, -0.2) is 18.5 Å². The lowest BCUT2D eigenvalue weighted by Crippen LogP contribution is -2.44. The Morgan fingerprint density at radius 2 is 2.06 bits per heavy atom. The monoisotopic (exact) mass is 248 g/mol. The average molecular weight is 248 g/mol. The second-order valence-corrected chi connectivity index (χ2v) is 5.84. The zero-order chi connectivity index (χ0) is 13.8. The number of nitrogens with two attached hydrogens (primary N) is 1. The fourth-order valence-corrected chi connectivity index (χ4v) is 1.92. The predicted molar refractivity (Wildman–Crippen MR) is 75.6 cm³/mol. The van der Waals surface area contributed by atoms with E-state index in [2.05, 4.69) is 26.1 Å². The van der Waals surface area contributed by atoms with Crippen LogP contribution in [0.2, 0.25) is 0 Å². The molecular formula is C15H24N2O. The molecular weight excluding hydrogens is 224 g/mol. The lowest BCUT2D eigenvalue weighted by Gasteiger charge is -2.31. The maximum absolute atomic E-state index is 12.2. The molecule has 0 fully saturated rings. The van der Waals surface area contributed by atoms with Gasteiger partial charge in [-0.2, -0.15) is 0 Å². The summed E-state index contributed by atoms with van der Waals surface area (Å²) in [5.41, 5.74) is 7.43. The molecule has 0 aliphatic heterocycles. The largest absolute Gasteiger partial charge is 0.349 e. The number of carbonyl (C=O) groups is 1. The van der Waals surface area contributed by atoms with Crippen molar-refractivity contribution in [2.75, 3.05) is 6.54 Å². The Bertz CT molecular complexity index is 407. The summed E-state index contributed by atoms with van der Waals surface area (Å²) in [6.07, 6.45) is 0.793. The molecule has 100 valence electrons. The molecule has 1 rings (SSSR count). The van der Waals surface area contributed by atoms with Crippen molar-refractivity contribution in [3.8, 4) is 0 Å². The van der Waals surface area contributed by atoms with Crippen LogP contribution in [0.3, 0.4) is 0 Å². The van der Waals surface area contributed by atoms with Crippen LogP contribution in [0, 0.1) is 12.3 Å². The summed E-state index contributed by atoms with van der Waals surface area (Å²) in [5, 5.41) is 3.08. The molecule has 1 amide bonds. The number of nitrogens with one attached hydrogen (secondary N) is 1. The Hall–Kier alpha value is -1.35. The van der Waals surface area contributed by atoms with Gasteiger partial charge in [-0.15, -0.1) is 0 Å². The van der Waals surface area contributed by atoms with Crippen molar-refractivity contribution in [2.24, 2.45) is 11.1 Å². The summed E-state index contributed by atoms with van der Waals surface area (Å²) >= 11 is 0. The predicted octanol–water partition coefficient (Wildman–Crippen LogP) is 2.49. The van der Waals surface area contributed by atoms with Crippen molar-refractivity contribution in [1.82, 2.24) is 5.32 Å². The van der Waals surface area contributed by atoms with Gasteiger partial charge >= 0.3 is 0 Å². The van der Waals surface area contributed by atoms with Crippen molar-refractivity contribution >= 4 is 5.91 Å². The quantitative estimate of drug-likeness (QED) is 0.860. The number of aryl methyl sites for hydroxylation is 1. The molecule has 0 bridgehead atoms. The van der Waals surface area contributed by atoms with Crippen molar-refractivity contribution in [3.63, 3.8) is 0 Å². The number of hydrogen-bond donors (Lipinski definition) is 2. The third-order valence-electron chi connectivity index (χ3n) is 3.09. The molecule has 0 heterocycles. The van der Waals surface area contributed by atoms with Gasteiger partial charge in [0.05, 0.1) is 0 Å². The van der Waals surface area contributed by atoms with Crippen molar-refractivity contribution in [1.29, 1.82) is 0 Å². The summed E-state index contributed by atoms with van der Waals surface area (Å²) < 4.78 is 0. The molecule has 3 heteroatoms. The zero-order valence-electron chi connectivity index (χ0n) is 11.8. The number of rotatable bonds is 4. The second-order valence-electron chi connectivity index (χ2n) is 5.84. The minimum absolute atomic E-state index is 0.0128. The van der Waals surface area contributed by atoms with Gasteiger partial charge in [0.25, 0.3) is 5.91 Å². The van der Waals surface area contributed by atoms with Crippen LogP contribution in [0.15, 0.2) is 24.3 Å². The summed E-state index contributed by atoms with van der Waals surface area (Å²) in [5.74, 6) is -0.0212. The van der Waals surface area contributed by atoms with Crippen LogP contribution in [0.5, 0.6) is 0 Å². The van der Waals surface area contributed by atoms with E-state index >= 15 is 0 Å². The Balaban J connectivity index is 2.79. The van der Waals surface area contributed by atoms with Gasteiger partial charge in [-0.25, -0.2) is 0 Å². The molecule has 0 radical (unpaired) electrons. The molecule has 0 aromatic heterocycles. The van der Waals surface area contributed by atoms with Crippen LogP contribution in [0.4, 0.5) is 0 Å². The summed E-state index contributed by atoms with van der Waals surface area (Å²) in [6, 6.07) is 7.72.